The number of Topliss-reactive ketones (excluding diaryl/α,β-unsaturated/α-hetero) is 1. The second kappa shape index (κ2) is 9.22. The molecule has 6 nitrogen and oxygen atoms in total. The van der Waals surface area contributed by atoms with Gasteiger partial charge in [0.1, 0.15) is 5.75 Å². The molecule has 2 unspecified atom stereocenters. The van der Waals surface area contributed by atoms with Gasteiger partial charge in [-0.25, -0.2) is 0 Å². The fourth-order valence-corrected chi connectivity index (χ4v) is 5.37. The lowest BCUT2D eigenvalue weighted by molar-refractivity contribution is -0.120. The van der Waals surface area contributed by atoms with Gasteiger partial charge in [0.05, 0.1) is 18.4 Å². The summed E-state index contributed by atoms with van der Waals surface area (Å²) in [7, 11) is 1.59. The van der Waals surface area contributed by atoms with Crippen LogP contribution in [0.5, 0.6) is 5.75 Å². The molecule has 35 heavy (non-hydrogen) atoms. The Morgan fingerprint density at radius 3 is 2.31 bits per heavy atom. The van der Waals surface area contributed by atoms with E-state index in [0.717, 1.165) is 11.1 Å². The lowest BCUT2D eigenvalue weighted by Gasteiger charge is -2.41. The molecule has 2 aliphatic rings. The summed E-state index contributed by atoms with van der Waals surface area (Å²) in [5.74, 6) is -0.657. The molecule has 0 bridgehead atoms. The molecule has 1 heterocycles. The molecule has 5 rings (SSSR count). The van der Waals surface area contributed by atoms with Crippen molar-refractivity contribution in [1.82, 2.24) is 0 Å². The zero-order valence-corrected chi connectivity index (χ0v) is 19.4. The van der Waals surface area contributed by atoms with Crippen molar-refractivity contribution >= 4 is 23.3 Å². The third-order valence-corrected chi connectivity index (χ3v) is 6.93. The molecule has 176 valence electrons. The summed E-state index contributed by atoms with van der Waals surface area (Å²) in [5.41, 5.74) is 9.42. The number of ketones is 1. The average Bonchev–Trinajstić information content (AvgIpc) is 2.88. The largest absolute Gasteiger partial charge is 0.496 e. The minimum Gasteiger partial charge on any atom is -0.496 e. The van der Waals surface area contributed by atoms with E-state index in [-0.39, 0.29) is 29.6 Å². The van der Waals surface area contributed by atoms with Crippen LogP contribution in [-0.4, -0.2) is 24.7 Å². The number of rotatable bonds is 5. The predicted octanol–water partition coefficient (Wildman–Crippen LogP) is 4.72. The number of carbonyl (C=O) groups excluding carboxylic acids is 3. The fourth-order valence-electron chi connectivity index (χ4n) is 5.37. The van der Waals surface area contributed by atoms with E-state index in [0.29, 0.717) is 35.5 Å². The standard InChI is InChI=1S/C29H26N2O4/c1-35-26-14-8-6-11-20(26)22-17-27(33)31(23-13-7-5-12-21(23)29(30)34)24-15-19(16-25(32)28(22)24)18-9-3-2-4-10-18/h2-14,19,22H,15-17H2,1H3,(H2,30,34). The van der Waals surface area contributed by atoms with E-state index in [2.05, 4.69) is 0 Å². The number of amides is 2. The van der Waals surface area contributed by atoms with Crippen LogP contribution in [0.2, 0.25) is 0 Å². The van der Waals surface area contributed by atoms with E-state index in [4.69, 9.17) is 10.5 Å². The van der Waals surface area contributed by atoms with Crippen LogP contribution in [0.3, 0.4) is 0 Å². The van der Waals surface area contributed by atoms with Crippen LogP contribution in [0.15, 0.2) is 90.1 Å². The number of nitrogens with zero attached hydrogens (tertiary/aromatic N) is 1. The molecule has 2 N–H and O–H groups in total. The highest BCUT2D eigenvalue weighted by atomic mass is 16.5. The predicted molar refractivity (Wildman–Crippen MR) is 133 cm³/mol. The SMILES string of the molecule is COc1ccccc1C1CC(=O)N(c2ccccc2C(N)=O)C2=C1C(=O)CC(c1ccccc1)C2. The highest BCUT2D eigenvalue weighted by molar-refractivity contribution is 6.11. The second-order valence-corrected chi connectivity index (χ2v) is 8.91. The molecule has 1 aliphatic heterocycles. The number of methoxy groups -OCH3 is 1. The van der Waals surface area contributed by atoms with Gasteiger partial charge < -0.3 is 10.5 Å². The van der Waals surface area contributed by atoms with E-state index < -0.39 is 11.8 Å². The number of allylic oxidation sites excluding steroid dienone is 2. The second-order valence-electron chi connectivity index (χ2n) is 8.91. The number of hydrogen-bond acceptors (Lipinski definition) is 4. The minimum absolute atomic E-state index is 0.00469. The van der Waals surface area contributed by atoms with Gasteiger partial charge >= 0.3 is 0 Å². The average molecular weight is 467 g/mol. The van der Waals surface area contributed by atoms with Crippen molar-refractivity contribution in [2.24, 2.45) is 5.73 Å². The van der Waals surface area contributed by atoms with E-state index in [1.54, 1.807) is 36.3 Å². The summed E-state index contributed by atoms with van der Waals surface area (Å²) in [6, 6.07) is 24.2. The van der Waals surface area contributed by atoms with Crippen LogP contribution in [0.25, 0.3) is 0 Å². The molecule has 0 aromatic heterocycles. The van der Waals surface area contributed by atoms with Crippen molar-refractivity contribution < 1.29 is 19.1 Å². The Balaban J connectivity index is 1.71. The maximum absolute atomic E-state index is 13.8. The molecule has 3 aromatic carbocycles. The molecule has 3 aromatic rings. The number of primary amides is 1. The van der Waals surface area contributed by atoms with Crippen molar-refractivity contribution in [3.8, 4) is 5.75 Å². The van der Waals surface area contributed by atoms with Crippen molar-refractivity contribution in [1.29, 1.82) is 0 Å². The summed E-state index contributed by atoms with van der Waals surface area (Å²) in [6.07, 6.45) is 0.942. The summed E-state index contributed by atoms with van der Waals surface area (Å²) in [4.78, 5) is 41.3. The van der Waals surface area contributed by atoms with Crippen molar-refractivity contribution in [3.63, 3.8) is 0 Å². The van der Waals surface area contributed by atoms with Crippen LogP contribution in [0.4, 0.5) is 5.69 Å². The number of carbonyl (C=O) groups is 3. The normalized spacial score (nSPS) is 20.0. The first kappa shape index (κ1) is 22.6. The maximum Gasteiger partial charge on any atom is 0.250 e. The fraction of sp³-hybridized carbons (Fsp3) is 0.207. The van der Waals surface area contributed by atoms with Crippen molar-refractivity contribution in [2.75, 3.05) is 12.0 Å². The Hall–Kier alpha value is -4.19. The number of anilines is 1. The topological polar surface area (TPSA) is 89.7 Å². The minimum atomic E-state index is -0.621. The number of hydrogen-bond donors (Lipinski definition) is 1. The molecular formula is C29H26N2O4. The molecule has 0 fully saturated rings. The Labute approximate surface area is 204 Å². The van der Waals surface area contributed by atoms with Gasteiger partial charge in [-0.1, -0.05) is 60.7 Å². The zero-order chi connectivity index (χ0) is 24.5. The zero-order valence-electron chi connectivity index (χ0n) is 19.4. The van der Waals surface area contributed by atoms with Crippen LogP contribution in [0, 0.1) is 0 Å². The molecule has 1 aliphatic carbocycles. The molecule has 2 amide bonds. The van der Waals surface area contributed by atoms with Gasteiger partial charge in [0.15, 0.2) is 5.78 Å². The molecule has 0 saturated heterocycles. The van der Waals surface area contributed by atoms with Crippen LogP contribution >= 0.6 is 0 Å². The van der Waals surface area contributed by atoms with Crippen LogP contribution in [-0.2, 0) is 9.59 Å². The number of para-hydroxylation sites is 2. The van der Waals surface area contributed by atoms with Gasteiger partial charge in [0.25, 0.3) is 5.91 Å². The first-order valence-electron chi connectivity index (χ1n) is 11.7. The highest BCUT2D eigenvalue weighted by Gasteiger charge is 2.43. The first-order chi connectivity index (χ1) is 17.0. The lowest BCUT2D eigenvalue weighted by Crippen LogP contribution is -2.42. The molecule has 6 heteroatoms. The highest BCUT2D eigenvalue weighted by Crippen LogP contribution is 2.48. The van der Waals surface area contributed by atoms with Gasteiger partial charge in [-0.05, 0) is 36.1 Å². The monoisotopic (exact) mass is 466 g/mol. The van der Waals surface area contributed by atoms with E-state index >= 15 is 0 Å². The number of ether oxygens (including phenoxy) is 1. The smallest absolute Gasteiger partial charge is 0.250 e. The molecule has 0 radical (unpaired) electrons. The molecular weight excluding hydrogens is 440 g/mol. The molecule has 0 saturated carbocycles. The molecule has 2 atom stereocenters. The van der Waals surface area contributed by atoms with Crippen molar-refractivity contribution in [2.45, 2.75) is 31.1 Å². The van der Waals surface area contributed by atoms with Crippen LogP contribution < -0.4 is 15.4 Å². The Kier molecular flexibility index (Phi) is 5.95. The maximum atomic E-state index is 13.8. The summed E-state index contributed by atoms with van der Waals surface area (Å²) >= 11 is 0. The van der Waals surface area contributed by atoms with Crippen LogP contribution in [0.1, 0.15) is 52.6 Å². The van der Waals surface area contributed by atoms with Gasteiger partial charge in [0, 0.05) is 35.6 Å². The Morgan fingerprint density at radius 1 is 0.886 bits per heavy atom. The Morgan fingerprint density at radius 2 is 1.57 bits per heavy atom. The van der Waals surface area contributed by atoms with Gasteiger partial charge in [-0.3, -0.25) is 19.3 Å². The summed E-state index contributed by atoms with van der Waals surface area (Å²) in [6.45, 7) is 0. The molecule has 0 spiro atoms. The lowest BCUT2D eigenvalue weighted by atomic mass is 9.72. The summed E-state index contributed by atoms with van der Waals surface area (Å²) < 4.78 is 5.58. The van der Waals surface area contributed by atoms with Gasteiger partial charge in [-0.15, -0.1) is 0 Å². The quantitative estimate of drug-likeness (QED) is 0.589. The number of benzene rings is 3. The van der Waals surface area contributed by atoms with E-state index in [1.807, 2.05) is 54.6 Å². The van der Waals surface area contributed by atoms with Gasteiger partial charge in [-0.2, -0.15) is 0 Å². The number of nitrogens with two attached hydrogens (primary N) is 1. The van der Waals surface area contributed by atoms with Gasteiger partial charge in [0.2, 0.25) is 5.91 Å². The first-order valence-corrected chi connectivity index (χ1v) is 11.7. The summed E-state index contributed by atoms with van der Waals surface area (Å²) in [5, 5.41) is 0. The van der Waals surface area contributed by atoms with Crippen molar-refractivity contribution in [3.05, 3.63) is 107 Å². The third kappa shape index (κ3) is 4.01. The third-order valence-electron chi connectivity index (χ3n) is 6.93. The van der Waals surface area contributed by atoms with E-state index in [9.17, 15) is 14.4 Å². The van der Waals surface area contributed by atoms with E-state index in [1.165, 1.54) is 0 Å². The Bertz CT molecular complexity index is 1350.